The quantitative estimate of drug-likeness (QED) is 0.0202. The SMILES string of the molecule is CC/C=C/C=C/C=C/CCCCCCCC(=O)OC(COC(=O)CC/C=C/C/C=C/CCCCCCCC)COC(=O)CCCCCC/C=C/C/C=C/C/C=C/CC. The fourth-order valence-electron chi connectivity index (χ4n) is 5.92. The van der Waals surface area contributed by atoms with Crippen LogP contribution >= 0.6 is 0 Å². The molecule has 328 valence electrons. The highest BCUT2D eigenvalue weighted by atomic mass is 16.6. The second-order valence-electron chi connectivity index (χ2n) is 15.0. The molecule has 0 radical (unpaired) electrons. The van der Waals surface area contributed by atoms with Crippen LogP contribution in [-0.4, -0.2) is 37.2 Å². The fourth-order valence-corrected chi connectivity index (χ4v) is 5.92. The summed E-state index contributed by atoms with van der Waals surface area (Å²) in [5, 5.41) is 0. The molecule has 0 spiro atoms. The molecule has 0 bridgehead atoms. The Morgan fingerprint density at radius 1 is 0.379 bits per heavy atom. The summed E-state index contributed by atoms with van der Waals surface area (Å²) in [5.41, 5.74) is 0. The number of hydrogen-bond acceptors (Lipinski definition) is 6. The average Bonchev–Trinajstić information content (AvgIpc) is 3.22. The zero-order chi connectivity index (χ0) is 42.3. The van der Waals surface area contributed by atoms with Crippen molar-refractivity contribution in [1.82, 2.24) is 0 Å². The first-order chi connectivity index (χ1) is 28.5. The van der Waals surface area contributed by atoms with Gasteiger partial charge in [0.1, 0.15) is 13.2 Å². The Balaban J connectivity index is 4.54. The molecule has 0 saturated heterocycles. The number of carbonyl (C=O) groups is 3. The van der Waals surface area contributed by atoms with Gasteiger partial charge in [-0.15, -0.1) is 0 Å². The topological polar surface area (TPSA) is 78.9 Å². The average molecular weight is 805 g/mol. The van der Waals surface area contributed by atoms with Gasteiger partial charge in [-0.05, 0) is 89.9 Å². The molecule has 6 heteroatoms. The van der Waals surface area contributed by atoms with Crippen LogP contribution in [0.4, 0.5) is 0 Å². The zero-order valence-corrected chi connectivity index (χ0v) is 37.3. The second kappa shape index (κ2) is 46.0. The third kappa shape index (κ3) is 43.5. The van der Waals surface area contributed by atoms with Gasteiger partial charge in [0, 0.05) is 19.3 Å². The lowest BCUT2D eigenvalue weighted by Gasteiger charge is -2.18. The van der Waals surface area contributed by atoms with Crippen LogP contribution in [0.25, 0.3) is 0 Å². The highest BCUT2D eigenvalue weighted by Crippen LogP contribution is 2.12. The first-order valence-electron chi connectivity index (χ1n) is 23.3. The van der Waals surface area contributed by atoms with Crippen molar-refractivity contribution in [3.8, 4) is 0 Å². The molecule has 0 aromatic carbocycles. The van der Waals surface area contributed by atoms with E-state index in [0.717, 1.165) is 109 Å². The summed E-state index contributed by atoms with van der Waals surface area (Å²) in [6.45, 7) is 6.26. The largest absolute Gasteiger partial charge is 0.462 e. The van der Waals surface area contributed by atoms with Crippen LogP contribution in [0, 0.1) is 0 Å². The van der Waals surface area contributed by atoms with Crippen molar-refractivity contribution in [2.24, 2.45) is 0 Å². The molecule has 0 aromatic rings. The smallest absolute Gasteiger partial charge is 0.306 e. The number of carbonyl (C=O) groups excluding carboxylic acids is 3. The van der Waals surface area contributed by atoms with Gasteiger partial charge in [-0.25, -0.2) is 0 Å². The van der Waals surface area contributed by atoms with Crippen molar-refractivity contribution in [2.45, 2.75) is 200 Å². The maximum Gasteiger partial charge on any atom is 0.306 e. The molecule has 0 aromatic heterocycles. The van der Waals surface area contributed by atoms with Crippen LogP contribution in [0.1, 0.15) is 194 Å². The Hall–Kier alpha value is -3.67. The second-order valence-corrected chi connectivity index (χ2v) is 15.0. The van der Waals surface area contributed by atoms with Crippen LogP contribution in [-0.2, 0) is 28.6 Å². The molecule has 0 N–H and O–H groups in total. The van der Waals surface area contributed by atoms with Crippen LogP contribution < -0.4 is 0 Å². The van der Waals surface area contributed by atoms with Gasteiger partial charge in [-0.3, -0.25) is 14.4 Å². The maximum absolute atomic E-state index is 12.7. The number of rotatable bonds is 40. The van der Waals surface area contributed by atoms with Crippen LogP contribution in [0.2, 0.25) is 0 Å². The monoisotopic (exact) mass is 805 g/mol. The summed E-state index contributed by atoms with van der Waals surface area (Å²) in [7, 11) is 0. The highest BCUT2D eigenvalue weighted by Gasteiger charge is 2.19. The molecular weight excluding hydrogens is 721 g/mol. The summed E-state index contributed by atoms with van der Waals surface area (Å²) < 4.78 is 16.6. The summed E-state index contributed by atoms with van der Waals surface area (Å²) in [6, 6.07) is 0. The van der Waals surface area contributed by atoms with E-state index in [1.54, 1.807) is 0 Å². The maximum atomic E-state index is 12.7. The molecule has 0 aliphatic rings. The Morgan fingerprint density at radius 3 is 1.34 bits per heavy atom. The minimum atomic E-state index is -0.819. The van der Waals surface area contributed by atoms with Crippen molar-refractivity contribution in [1.29, 1.82) is 0 Å². The standard InChI is InChI=1S/C52H84O6/c1-4-7-10-13-16-19-22-25-28-30-33-36-39-42-45-51(54)57-48-49(58-52(55)46-43-40-37-34-31-27-24-21-18-15-12-9-6-3)47-56-50(53)44-41-38-35-32-29-26-23-20-17-14-11-8-5-2/h7,9-10,12,15-16,18-19,21,24-26,28-29,35,38,49H,4-6,8,11,13-14,17,20,22-23,27,30-34,36-37,39-48H2,1-3H3/b10-7+,12-9+,18-15+,19-16+,24-21+,28-25+,29-26+,38-35+. The molecule has 0 aliphatic heterocycles. The summed E-state index contributed by atoms with van der Waals surface area (Å²) in [4.78, 5) is 37.8. The number of esters is 3. The van der Waals surface area contributed by atoms with Gasteiger partial charge >= 0.3 is 17.9 Å². The van der Waals surface area contributed by atoms with Gasteiger partial charge < -0.3 is 14.2 Å². The molecular formula is C52H84O6. The van der Waals surface area contributed by atoms with E-state index in [2.05, 4.69) is 106 Å². The van der Waals surface area contributed by atoms with Crippen molar-refractivity contribution in [3.63, 3.8) is 0 Å². The van der Waals surface area contributed by atoms with E-state index in [4.69, 9.17) is 14.2 Å². The van der Waals surface area contributed by atoms with E-state index in [1.165, 1.54) is 38.5 Å². The third-order valence-corrected chi connectivity index (χ3v) is 9.38. The molecule has 1 atom stereocenters. The van der Waals surface area contributed by atoms with Crippen molar-refractivity contribution in [3.05, 3.63) is 97.2 Å². The normalized spacial score (nSPS) is 12.9. The molecule has 0 heterocycles. The van der Waals surface area contributed by atoms with E-state index in [-0.39, 0.29) is 44.0 Å². The Bertz CT molecular complexity index is 1200. The van der Waals surface area contributed by atoms with E-state index < -0.39 is 6.10 Å². The molecule has 1 unspecified atom stereocenters. The van der Waals surface area contributed by atoms with Gasteiger partial charge in [0.2, 0.25) is 0 Å². The van der Waals surface area contributed by atoms with Gasteiger partial charge in [0.05, 0.1) is 0 Å². The van der Waals surface area contributed by atoms with E-state index in [9.17, 15) is 14.4 Å². The van der Waals surface area contributed by atoms with Gasteiger partial charge in [0.15, 0.2) is 6.10 Å². The number of ether oxygens (including phenoxy) is 3. The predicted molar refractivity (Wildman–Crippen MR) is 247 cm³/mol. The van der Waals surface area contributed by atoms with Gasteiger partial charge in [-0.2, -0.15) is 0 Å². The highest BCUT2D eigenvalue weighted by molar-refractivity contribution is 5.71. The molecule has 0 rings (SSSR count). The minimum absolute atomic E-state index is 0.117. The van der Waals surface area contributed by atoms with Crippen molar-refractivity contribution in [2.75, 3.05) is 13.2 Å². The molecule has 0 amide bonds. The number of hydrogen-bond donors (Lipinski definition) is 0. The van der Waals surface area contributed by atoms with Crippen LogP contribution in [0.3, 0.4) is 0 Å². The molecule has 58 heavy (non-hydrogen) atoms. The third-order valence-electron chi connectivity index (χ3n) is 9.38. The summed E-state index contributed by atoms with van der Waals surface area (Å²) in [6.07, 6.45) is 59.7. The molecule has 0 fully saturated rings. The first kappa shape index (κ1) is 54.3. The van der Waals surface area contributed by atoms with E-state index in [0.29, 0.717) is 12.8 Å². The minimum Gasteiger partial charge on any atom is -0.462 e. The molecule has 0 saturated carbocycles. The fraction of sp³-hybridized carbons (Fsp3) is 0.635. The first-order valence-corrected chi connectivity index (χ1v) is 23.3. The molecule has 6 nitrogen and oxygen atoms in total. The van der Waals surface area contributed by atoms with Crippen LogP contribution in [0.5, 0.6) is 0 Å². The van der Waals surface area contributed by atoms with E-state index >= 15 is 0 Å². The van der Waals surface area contributed by atoms with Gasteiger partial charge in [-0.1, -0.05) is 182 Å². The van der Waals surface area contributed by atoms with Gasteiger partial charge in [0.25, 0.3) is 0 Å². The van der Waals surface area contributed by atoms with Crippen molar-refractivity contribution < 1.29 is 28.6 Å². The van der Waals surface area contributed by atoms with Crippen LogP contribution in [0.15, 0.2) is 97.2 Å². The lowest BCUT2D eigenvalue weighted by atomic mass is 10.1. The Kier molecular flexibility index (Phi) is 43.1. The predicted octanol–water partition coefficient (Wildman–Crippen LogP) is 15.0. The Labute approximate surface area is 356 Å². The summed E-state index contributed by atoms with van der Waals surface area (Å²) in [5.74, 6) is -1.04. The lowest BCUT2D eigenvalue weighted by molar-refractivity contribution is -0.166. The van der Waals surface area contributed by atoms with E-state index in [1.807, 2.05) is 12.2 Å². The number of allylic oxidation sites excluding steroid dienone is 16. The Morgan fingerprint density at radius 2 is 0.793 bits per heavy atom. The summed E-state index contributed by atoms with van der Waals surface area (Å²) >= 11 is 0. The number of unbranched alkanes of at least 4 members (excludes halogenated alkanes) is 15. The zero-order valence-electron chi connectivity index (χ0n) is 37.3. The lowest BCUT2D eigenvalue weighted by Crippen LogP contribution is -2.30. The van der Waals surface area contributed by atoms with Crippen molar-refractivity contribution >= 4 is 17.9 Å². The molecule has 0 aliphatic carbocycles.